The van der Waals surface area contributed by atoms with E-state index in [1.165, 1.54) is 6.08 Å². The normalized spacial score (nSPS) is 14.3. The number of nitrogens with one attached hydrogen (secondary N) is 1. The van der Waals surface area contributed by atoms with Gasteiger partial charge in [0.25, 0.3) is 0 Å². The van der Waals surface area contributed by atoms with Gasteiger partial charge in [0.15, 0.2) is 0 Å². The highest BCUT2D eigenvalue weighted by atomic mass is 35.5. The molecule has 0 aliphatic carbocycles. The van der Waals surface area contributed by atoms with Gasteiger partial charge < -0.3 is 10.2 Å². The fraction of sp³-hybridized carbons (Fsp3) is 0.158. The molecule has 1 heterocycles. The summed E-state index contributed by atoms with van der Waals surface area (Å²) in [5, 5.41) is 3.81. The highest BCUT2D eigenvalue weighted by Gasteiger charge is 2.22. The molecule has 3 rings (SSSR count). The second-order valence-corrected chi connectivity index (χ2v) is 6.53. The van der Waals surface area contributed by atoms with E-state index < -0.39 is 0 Å². The molecule has 1 N–H and O–H groups in total. The molecule has 1 fully saturated rings. The molecule has 0 spiro atoms. The number of anilines is 2. The molecule has 0 aromatic heterocycles. The van der Waals surface area contributed by atoms with Crippen molar-refractivity contribution in [1.82, 2.24) is 0 Å². The summed E-state index contributed by atoms with van der Waals surface area (Å²) in [7, 11) is 0. The molecule has 2 aromatic carbocycles. The van der Waals surface area contributed by atoms with Crippen molar-refractivity contribution in [1.29, 1.82) is 0 Å². The van der Waals surface area contributed by atoms with Gasteiger partial charge in [-0.2, -0.15) is 0 Å². The number of hydrogen-bond donors (Lipinski definition) is 1. The van der Waals surface area contributed by atoms with Gasteiger partial charge >= 0.3 is 0 Å². The zero-order valence-electron chi connectivity index (χ0n) is 13.3. The second-order valence-electron chi connectivity index (χ2n) is 5.69. The first-order valence-electron chi connectivity index (χ1n) is 7.87. The van der Waals surface area contributed by atoms with Crippen molar-refractivity contribution < 1.29 is 9.59 Å². The minimum absolute atomic E-state index is 0.0854. The van der Waals surface area contributed by atoms with E-state index in [4.69, 9.17) is 23.2 Å². The van der Waals surface area contributed by atoms with Gasteiger partial charge in [-0.3, -0.25) is 9.59 Å². The van der Waals surface area contributed by atoms with Gasteiger partial charge in [0.2, 0.25) is 11.8 Å². The van der Waals surface area contributed by atoms with Crippen LogP contribution in [0, 0.1) is 0 Å². The number of nitrogens with zero attached hydrogens (tertiary/aromatic N) is 1. The lowest BCUT2D eigenvalue weighted by atomic mass is 10.2. The predicted octanol–water partition coefficient (Wildman–Crippen LogP) is 4.77. The molecular weight excluding hydrogens is 359 g/mol. The topological polar surface area (TPSA) is 49.4 Å². The molecule has 4 nitrogen and oxygen atoms in total. The minimum Gasteiger partial charge on any atom is -0.321 e. The van der Waals surface area contributed by atoms with Gasteiger partial charge in [-0.25, -0.2) is 0 Å². The number of hydrogen-bond acceptors (Lipinski definition) is 2. The molecule has 0 unspecified atom stereocenters. The summed E-state index contributed by atoms with van der Waals surface area (Å²) in [6.07, 6.45) is 4.50. The maximum atomic E-state index is 12.1. The van der Waals surface area contributed by atoms with E-state index >= 15 is 0 Å². The molecule has 2 amide bonds. The Bertz CT molecular complexity index is 832. The van der Waals surface area contributed by atoms with Gasteiger partial charge in [0, 0.05) is 29.8 Å². The zero-order chi connectivity index (χ0) is 17.8. The van der Waals surface area contributed by atoms with Crippen LogP contribution in [0.3, 0.4) is 0 Å². The predicted molar refractivity (Wildman–Crippen MR) is 102 cm³/mol. The molecule has 128 valence electrons. The summed E-state index contributed by atoms with van der Waals surface area (Å²) < 4.78 is 0. The number of halogens is 2. The molecule has 1 aliphatic heterocycles. The standard InChI is InChI=1S/C19H16Cl2N2O2/c20-14-6-3-13(4-7-14)5-10-18(24)22-17-12-15(8-9-16(17)21)23-11-1-2-19(23)25/h3-10,12H,1-2,11H2,(H,22,24)/b10-5+. The smallest absolute Gasteiger partial charge is 0.248 e. The Morgan fingerprint density at radius 1 is 1.12 bits per heavy atom. The quantitative estimate of drug-likeness (QED) is 0.783. The van der Waals surface area contributed by atoms with Gasteiger partial charge in [-0.05, 0) is 48.4 Å². The van der Waals surface area contributed by atoms with Crippen LogP contribution in [0.1, 0.15) is 18.4 Å². The van der Waals surface area contributed by atoms with E-state index in [1.807, 2.05) is 12.1 Å². The van der Waals surface area contributed by atoms with E-state index in [1.54, 1.807) is 41.3 Å². The lowest BCUT2D eigenvalue weighted by Gasteiger charge is -2.17. The van der Waals surface area contributed by atoms with Gasteiger partial charge in [-0.1, -0.05) is 35.3 Å². The average Bonchev–Trinajstić information content (AvgIpc) is 3.02. The van der Waals surface area contributed by atoms with E-state index in [0.717, 1.165) is 17.7 Å². The van der Waals surface area contributed by atoms with Crippen LogP contribution in [0.25, 0.3) is 6.08 Å². The van der Waals surface area contributed by atoms with Crippen molar-refractivity contribution in [2.45, 2.75) is 12.8 Å². The zero-order valence-corrected chi connectivity index (χ0v) is 14.8. The maximum Gasteiger partial charge on any atom is 0.248 e. The van der Waals surface area contributed by atoms with Crippen molar-refractivity contribution in [2.24, 2.45) is 0 Å². The van der Waals surface area contributed by atoms with E-state index in [2.05, 4.69) is 5.32 Å². The van der Waals surface area contributed by atoms with Crippen molar-refractivity contribution >= 4 is 52.5 Å². The monoisotopic (exact) mass is 374 g/mol. The number of amides is 2. The summed E-state index contributed by atoms with van der Waals surface area (Å²) in [4.78, 5) is 25.7. The Kier molecular flexibility index (Phi) is 5.41. The van der Waals surface area contributed by atoms with E-state index in [9.17, 15) is 9.59 Å². The van der Waals surface area contributed by atoms with E-state index in [0.29, 0.717) is 28.7 Å². The maximum absolute atomic E-state index is 12.1. The van der Waals surface area contributed by atoms with Crippen LogP contribution in [0.2, 0.25) is 10.0 Å². The second kappa shape index (κ2) is 7.72. The summed E-state index contributed by atoms with van der Waals surface area (Å²) >= 11 is 12.0. The van der Waals surface area contributed by atoms with Crippen LogP contribution >= 0.6 is 23.2 Å². The Labute approximate surface area is 156 Å². The summed E-state index contributed by atoms with van der Waals surface area (Å²) in [5.74, 6) is -0.219. The lowest BCUT2D eigenvalue weighted by molar-refractivity contribution is -0.117. The number of rotatable bonds is 4. The fourth-order valence-corrected chi connectivity index (χ4v) is 2.91. The Hall–Kier alpha value is -2.30. The molecule has 6 heteroatoms. The Balaban J connectivity index is 1.72. The molecule has 25 heavy (non-hydrogen) atoms. The average molecular weight is 375 g/mol. The first-order valence-corrected chi connectivity index (χ1v) is 8.63. The Morgan fingerprint density at radius 3 is 2.56 bits per heavy atom. The first-order chi connectivity index (χ1) is 12.0. The van der Waals surface area contributed by atoms with Crippen molar-refractivity contribution in [3.8, 4) is 0 Å². The van der Waals surface area contributed by atoms with Crippen LogP contribution < -0.4 is 10.2 Å². The van der Waals surface area contributed by atoms with Crippen LogP contribution in [-0.4, -0.2) is 18.4 Å². The number of carbonyl (C=O) groups is 2. The molecule has 0 saturated carbocycles. The fourth-order valence-electron chi connectivity index (χ4n) is 2.62. The van der Waals surface area contributed by atoms with Crippen molar-refractivity contribution in [2.75, 3.05) is 16.8 Å². The van der Waals surface area contributed by atoms with Crippen LogP contribution in [0.5, 0.6) is 0 Å². The molecule has 0 atom stereocenters. The van der Waals surface area contributed by atoms with Gasteiger partial charge in [0.1, 0.15) is 0 Å². The summed E-state index contributed by atoms with van der Waals surface area (Å²) in [6.45, 7) is 0.685. The molecule has 0 bridgehead atoms. The van der Waals surface area contributed by atoms with Gasteiger partial charge in [-0.15, -0.1) is 0 Å². The minimum atomic E-state index is -0.304. The number of benzene rings is 2. The van der Waals surface area contributed by atoms with Crippen LogP contribution in [-0.2, 0) is 9.59 Å². The molecule has 1 aliphatic rings. The largest absolute Gasteiger partial charge is 0.321 e. The third kappa shape index (κ3) is 4.41. The Morgan fingerprint density at radius 2 is 1.88 bits per heavy atom. The SMILES string of the molecule is O=C(/C=C/c1ccc(Cl)cc1)Nc1cc(N2CCCC2=O)ccc1Cl. The first kappa shape index (κ1) is 17.5. The van der Waals surface area contributed by atoms with Crippen LogP contribution in [0.15, 0.2) is 48.5 Å². The third-order valence-electron chi connectivity index (χ3n) is 3.89. The molecule has 2 aromatic rings. The highest BCUT2D eigenvalue weighted by Crippen LogP contribution is 2.30. The van der Waals surface area contributed by atoms with Crippen molar-refractivity contribution in [3.63, 3.8) is 0 Å². The van der Waals surface area contributed by atoms with Crippen LogP contribution in [0.4, 0.5) is 11.4 Å². The third-order valence-corrected chi connectivity index (χ3v) is 4.47. The molecule has 0 radical (unpaired) electrons. The van der Waals surface area contributed by atoms with Gasteiger partial charge in [0.05, 0.1) is 10.7 Å². The number of carbonyl (C=O) groups excluding carboxylic acids is 2. The molecular formula is C19H16Cl2N2O2. The summed E-state index contributed by atoms with van der Waals surface area (Å²) in [5.41, 5.74) is 2.08. The van der Waals surface area contributed by atoms with Crippen molar-refractivity contribution in [3.05, 3.63) is 64.1 Å². The summed E-state index contributed by atoms with van der Waals surface area (Å²) in [6, 6.07) is 12.3. The van der Waals surface area contributed by atoms with E-state index in [-0.39, 0.29) is 11.8 Å². The molecule has 1 saturated heterocycles. The highest BCUT2D eigenvalue weighted by molar-refractivity contribution is 6.34. The lowest BCUT2D eigenvalue weighted by Crippen LogP contribution is -2.23.